The van der Waals surface area contributed by atoms with Crippen LogP contribution in [-0.4, -0.2) is 12.9 Å². The summed E-state index contributed by atoms with van der Waals surface area (Å²) in [5.41, 5.74) is 8.67. The second-order valence-electron chi connectivity index (χ2n) is 4.46. The van der Waals surface area contributed by atoms with E-state index < -0.39 is 0 Å². The predicted molar refractivity (Wildman–Crippen MR) is 74.3 cm³/mol. The zero-order valence-electron chi connectivity index (χ0n) is 11.7. The van der Waals surface area contributed by atoms with E-state index in [9.17, 15) is 4.79 Å². The first-order chi connectivity index (χ1) is 8.99. The second kappa shape index (κ2) is 6.68. The average molecular weight is 261 g/mol. The molecule has 0 amide bonds. The van der Waals surface area contributed by atoms with Crippen LogP contribution in [0, 0.1) is 11.4 Å². The molecule has 1 rings (SSSR count). The number of nitrogens with one attached hydrogen (secondary N) is 2. The lowest BCUT2D eigenvalue weighted by molar-refractivity contribution is -0.118. The van der Waals surface area contributed by atoms with E-state index in [0.29, 0.717) is 5.70 Å². The fraction of sp³-hybridized carbons (Fsp3) is 0.357. The van der Waals surface area contributed by atoms with E-state index in [4.69, 9.17) is 10.3 Å². The zero-order valence-corrected chi connectivity index (χ0v) is 11.7. The second-order valence-corrected chi connectivity index (χ2v) is 4.46. The van der Waals surface area contributed by atoms with E-state index >= 15 is 0 Å². The van der Waals surface area contributed by atoms with Gasteiger partial charge in [-0.3, -0.25) is 4.79 Å². The van der Waals surface area contributed by atoms with E-state index in [0.717, 1.165) is 11.4 Å². The van der Waals surface area contributed by atoms with Crippen molar-refractivity contribution in [2.24, 2.45) is 11.0 Å². The maximum atomic E-state index is 11.9. The maximum Gasteiger partial charge on any atom is 0.187 e. The summed E-state index contributed by atoms with van der Waals surface area (Å²) in [5, 5.41) is 6.40. The Balaban J connectivity index is 2.94. The highest BCUT2D eigenvalue weighted by Gasteiger charge is 2.16. The van der Waals surface area contributed by atoms with Gasteiger partial charge in [0.2, 0.25) is 0 Å². The van der Waals surface area contributed by atoms with E-state index in [1.807, 2.05) is 24.3 Å². The molecule has 0 aromatic heterocycles. The number of carbonyl (C=O) groups is 1. The topological polar surface area (TPSA) is 74.5 Å². The number of allylic oxidation sites excluding steroid dienone is 2. The first kappa shape index (κ1) is 14.9. The molecule has 0 aliphatic heterocycles. The van der Waals surface area contributed by atoms with Gasteiger partial charge in [-0.2, -0.15) is 5.11 Å². The van der Waals surface area contributed by atoms with Crippen LogP contribution in [0.15, 0.2) is 40.8 Å². The van der Waals surface area contributed by atoms with Crippen LogP contribution in [0.25, 0.3) is 0 Å². The van der Waals surface area contributed by atoms with Gasteiger partial charge in [-0.1, -0.05) is 13.8 Å². The number of anilines is 1. The number of rotatable bonds is 6. The van der Waals surface area contributed by atoms with Gasteiger partial charge in [-0.05, 0) is 31.2 Å². The van der Waals surface area contributed by atoms with Crippen molar-refractivity contribution in [2.75, 3.05) is 12.4 Å². The molecule has 0 spiro atoms. The Hall–Kier alpha value is -2.17. The molecule has 2 N–H and O–H groups in total. The van der Waals surface area contributed by atoms with Crippen molar-refractivity contribution in [3.63, 3.8) is 0 Å². The molecule has 1 aromatic rings. The minimum Gasteiger partial charge on any atom is -0.497 e. The summed E-state index contributed by atoms with van der Waals surface area (Å²) in [5.74, 6) is 0.432. The fourth-order valence-corrected chi connectivity index (χ4v) is 1.55. The normalized spacial score (nSPS) is 11.8. The Labute approximate surface area is 113 Å². The minimum atomic E-state index is -0.184. The Kier molecular flexibility index (Phi) is 5.23. The number of hydrogen-bond donors (Lipinski definition) is 2. The number of methoxy groups -OCH3 is 1. The Morgan fingerprint density at radius 2 is 1.89 bits per heavy atom. The Bertz CT molecular complexity index is 490. The summed E-state index contributed by atoms with van der Waals surface area (Å²) in [4.78, 5) is 11.9. The van der Waals surface area contributed by atoms with Crippen LogP contribution in [0.3, 0.4) is 0 Å². The molecule has 0 atom stereocenters. The van der Waals surface area contributed by atoms with Crippen molar-refractivity contribution in [3.8, 4) is 5.75 Å². The lowest BCUT2D eigenvalue weighted by Crippen LogP contribution is -2.13. The molecule has 0 aliphatic rings. The van der Waals surface area contributed by atoms with Gasteiger partial charge in [-0.25, -0.2) is 5.53 Å². The van der Waals surface area contributed by atoms with Gasteiger partial charge >= 0.3 is 0 Å². The molecule has 0 saturated heterocycles. The molecular formula is C14H19N3O2. The summed E-state index contributed by atoms with van der Waals surface area (Å²) >= 11 is 0. The summed E-state index contributed by atoms with van der Waals surface area (Å²) in [6, 6.07) is 7.31. The molecule has 5 heteroatoms. The quantitative estimate of drug-likeness (QED) is 0.607. The minimum absolute atomic E-state index is 0.145. The van der Waals surface area contributed by atoms with Gasteiger partial charge in [-0.15, -0.1) is 0 Å². The molecule has 0 unspecified atom stereocenters. The highest BCUT2D eigenvalue weighted by atomic mass is 16.5. The number of benzene rings is 1. The maximum absolute atomic E-state index is 11.9. The summed E-state index contributed by atoms with van der Waals surface area (Å²) in [6.07, 6.45) is 0. The van der Waals surface area contributed by atoms with Crippen LogP contribution >= 0.6 is 0 Å². The molecule has 0 heterocycles. The number of nitrogens with zero attached hydrogens (tertiary/aromatic N) is 1. The SMILES string of the molecule is COc1ccc(N/C(C)=C(\N=N)C(=O)C(C)C)cc1. The monoisotopic (exact) mass is 261 g/mol. The molecule has 0 aliphatic carbocycles. The van der Waals surface area contributed by atoms with Crippen LogP contribution in [0.4, 0.5) is 5.69 Å². The molecule has 102 valence electrons. The van der Waals surface area contributed by atoms with Crippen LogP contribution < -0.4 is 10.1 Å². The van der Waals surface area contributed by atoms with Crippen LogP contribution in [0.5, 0.6) is 5.75 Å². The summed E-state index contributed by atoms with van der Waals surface area (Å²) in [7, 11) is 1.60. The standard InChI is InChI=1S/C14H19N3O2/c1-9(2)14(18)13(17-15)10(3)16-11-5-7-12(19-4)8-6-11/h5-9,15-16H,1-4H3/b13-10-,17-15?. The summed E-state index contributed by atoms with van der Waals surface area (Å²) < 4.78 is 5.07. The van der Waals surface area contributed by atoms with Crippen molar-refractivity contribution in [1.82, 2.24) is 0 Å². The lowest BCUT2D eigenvalue weighted by atomic mass is 10.1. The largest absolute Gasteiger partial charge is 0.497 e. The van der Waals surface area contributed by atoms with Gasteiger partial charge < -0.3 is 10.1 Å². The van der Waals surface area contributed by atoms with E-state index in [-0.39, 0.29) is 17.4 Å². The van der Waals surface area contributed by atoms with E-state index in [2.05, 4.69) is 10.4 Å². The highest BCUT2D eigenvalue weighted by molar-refractivity contribution is 5.97. The van der Waals surface area contributed by atoms with Crippen LogP contribution in [0.1, 0.15) is 20.8 Å². The molecule has 0 radical (unpaired) electrons. The molecule has 5 nitrogen and oxygen atoms in total. The molecular weight excluding hydrogens is 242 g/mol. The fourth-order valence-electron chi connectivity index (χ4n) is 1.55. The number of Topliss-reactive ketones (excluding diaryl/α,β-unsaturated/α-hetero) is 1. The number of ketones is 1. The van der Waals surface area contributed by atoms with Gasteiger partial charge in [0.1, 0.15) is 11.4 Å². The van der Waals surface area contributed by atoms with Crippen LogP contribution in [0.2, 0.25) is 0 Å². The predicted octanol–water partition coefficient (Wildman–Crippen LogP) is 3.59. The van der Waals surface area contributed by atoms with Crippen LogP contribution in [-0.2, 0) is 4.79 Å². The number of carbonyl (C=O) groups excluding carboxylic acids is 1. The van der Waals surface area contributed by atoms with Crippen molar-refractivity contribution in [2.45, 2.75) is 20.8 Å². The first-order valence-corrected chi connectivity index (χ1v) is 6.03. The molecule has 0 fully saturated rings. The molecule has 0 bridgehead atoms. The number of ether oxygens (including phenoxy) is 1. The average Bonchev–Trinajstić information content (AvgIpc) is 2.40. The third kappa shape index (κ3) is 3.91. The van der Waals surface area contributed by atoms with Gasteiger partial charge in [0.05, 0.1) is 7.11 Å². The number of hydrogen-bond acceptors (Lipinski definition) is 5. The Morgan fingerprint density at radius 1 is 1.32 bits per heavy atom. The van der Waals surface area contributed by atoms with Crippen molar-refractivity contribution < 1.29 is 9.53 Å². The van der Waals surface area contributed by atoms with Gasteiger partial charge in [0.15, 0.2) is 5.78 Å². The van der Waals surface area contributed by atoms with E-state index in [1.54, 1.807) is 27.9 Å². The third-order valence-corrected chi connectivity index (χ3v) is 2.65. The summed E-state index contributed by atoms with van der Waals surface area (Å²) in [6.45, 7) is 5.31. The lowest BCUT2D eigenvalue weighted by Gasteiger charge is -2.11. The first-order valence-electron chi connectivity index (χ1n) is 6.03. The van der Waals surface area contributed by atoms with Gasteiger partial charge in [0.25, 0.3) is 0 Å². The van der Waals surface area contributed by atoms with Crippen molar-refractivity contribution >= 4 is 11.5 Å². The van der Waals surface area contributed by atoms with Crippen molar-refractivity contribution in [3.05, 3.63) is 35.7 Å². The highest BCUT2D eigenvalue weighted by Crippen LogP contribution is 2.19. The molecule has 0 saturated carbocycles. The van der Waals surface area contributed by atoms with E-state index in [1.165, 1.54) is 0 Å². The zero-order chi connectivity index (χ0) is 14.4. The van der Waals surface area contributed by atoms with Gasteiger partial charge in [0, 0.05) is 17.3 Å². The van der Waals surface area contributed by atoms with Crippen molar-refractivity contribution in [1.29, 1.82) is 5.53 Å². The third-order valence-electron chi connectivity index (χ3n) is 2.65. The Morgan fingerprint density at radius 3 is 2.32 bits per heavy atom. The smallest absolute Gasteiger partial charge is 0.187 e. The molecule has 1 aromatic carbocycles. The molecule has 19 heavy (non-hydrogen) atoms.